The molecule has 5 rings (SSSR count). The number of rotatable bonds is 4. The summed E-state index contributed by atoms with van der Waals surface area (Å²) in [5.41, 5.74) is 6.56. The number of aryl methyl sites for hydroxylation is 1. The zero-order valence-corrected chi connectivity index (χ0v) is 15.9. The van der Waals surface area contributed by atoms with Gasteiger partial charge >= 0.3 is 0 Å². The smallest absolute Gasteiger partial charge is 0.199 e. The van der Waals surface area contributed by atoms with Crippen LogP contribution in [0.15, 0.2) is 82.9 Å². The highest BCUT2D eigenvalue weighted by Crippen LogP contribution is 2.35. The maximum absolute atomic E-state index is 10.7. The maximum atomic E-state index is 10.7. The third-order valence-corrected chi connectivity index (χ3v) is 5.02. The molecule has 3 aromatic carbocycles. The Morgan fingerprint density at radius 3 is 2.66 bits per heavy atom. The number of benzene rings is 3. The Kier molecular flexibility index (Phi) is 4.13. The summed E-state index contributed by atoms with van der Waals surface area (Å²) in [4.78, 5) is 13.5. The molecule has 0 amide bonds. The van der Waals surface area contributed by atoms with Gasteiger partial charge in [-0.1, -0.05) is 65.8 Å². The van der Waals surface area contributed by atoms with Gasteiger partial charge in [0.2, 0.25) is 0 Å². The number of nitrogens with one attached hydrogen (secondary N) is 1. The number of fused-ring (bicyclic) bond motifs is 2. The summed E-state index contributed by atoms with van der Waals surface area (Å²) < 4.78 is 0. The van der Waals surface area contributed by atoms with Crippen molar-refractivity contribution in [2.24, 2.45) is 10.1 Å². The topological polar surface area (TPSA) is 70.0 Å². The van der Waals surface area contributed by atoms with Crippen molar-refractivity contribution in [3.63, 3.8) is 0 Å². The number of nitrogens with zero attached hydrogens (tertiary/aromatic N) is 2. The molecule has 4 aromatic rings. The molecule has 0 saturated heterocycles. The predicted octanol–water partition coefficient (Wildman–Crippen LogP) is 5.24. The van der Waals surface area contributed by atoms with E-state index in [1.807, 2.05) is 79.7 Å². The lowest BCUT2D eigenvalue weighted by Crippen LogP contribution is -2.13. The standard InChI is InChI=1S/C24H19N3O2/c1-15-11-12-17-20(13-15)26-24(28)21(17)23-22(18-9-5-6-10-19(18)25-23)27-29-14-16-7-3-2-4-8-16/h2-13,26,28H,14H2,1H3/b27-22+. The SMILES string of the molecule is Cc1ccc2c(C3=Nc4ccccc4/C3=N\OCc3ccccc3)c(O)[nH]c2c1. The molecule has 1 aromatic heterocycles. The van der Waals surface area contributed by atoms with E-state index in [0.717, 1.165) is 33.3 Å². The average molecular weight is 381 g/mol. The van der Waals surface area contributed by atoms with Crippen LogP contribution in [0.1, 0.15) is 22.3 Å². The summed E-state index contributed by atoms with van der Waals surface area (Å²) in [6.07, 6.45) is 0. The number of aromatic amines is 1. The van der Waals surface area contributed by atoms with E-state index in [2.05, 4.69) is 10.1 Å². The Balaban J connectivity index is 1.58. The van der Waals surface area contributed by atoms with Crippen molar-refractivity contribution < 1.29 is 9.94 Å². The number of para-hydroxylation sites is 1. The molecule has 1 aliphatic heterocycles. The van der Waals surface area contributed by atoms with Crippen LogP contribution in [-0.2, 0) is 11.4 Å². The van der Waals surface area contributed by atoms with Gasteiger partial charge in [0.1, 0.15) is 18.0 Å². The summed E-state index contributed by atoms with van der Waals surface area (Å²) in [6, 6.07) is 23.7. The molecule has 29 heavy (non-hydrogen) atoms. The Hall–Kier alpha value is -3.86. The largest absolute Gasteiger partial charge is 0.494 e. The first-order valence-corrected chi connectivity index (χ1v) is 9.45. The van der Waals surface area contributed by atoms with Gasteiger partial charge in [0.25, 0.3) is 0 Å². The van der Waals surface area contributed by atoms with Gasteiger partial charge in [-0.15, -0.1) is 0 Å². The Labute approximate surface area is 168 Å². The first-order chi connectivity index (χ1) is 14.2. The maximum Gasteiger partial charge on any atom is 0.199 e. The molecular weight excluding hydrogens is 362 g/mol. The lowest BCUT2D eigenvalue weighted by atomic mass is 10.0. The number of aromatic hydroxyl groups is 1. The van der Waals surface area contributed by atoms with Crippen LogP contribution in [0.25, 0.3) is 10.9 Å². The van der Waals surface area contributed by atoms with Gasteiger partial charge in [-0.25, -0.2) is 4.99 Å². The van der Waals surface area contributed by atoms with E-state index in [1.54, 1.807) is 0 Å². The fraction of sp³-hybridized carbons (Fsp3) is 0.0833. The third kappa shape index (κ3) is 3.06. The van der Waals surface area contributed by atoms with Crippen molar-refractivity contribution in [1.82, 2.24) is 4.98 Å². The minimum absolute atomic E-state index is 0.0768. The first-order valence-electron chi connectivity index (χ1n) is 9.45. The van der Waals surface area contributed by atoms with Crippen molar-refractivity contribution in [2.75, 3.05) is 0 Å². The summed E-state index contributed by atoms with van der Waals surface area (Å²) in [5, 5.41) is 16.0. The van der Waals surface area contributed by atoms with Crippen LogP contribution in [0.4, 0.5) is 5.69 Å². The predicted molar refractivity (Wildman–Crippen MR) is 115 cm³/mol. The molecule has 0 spiro atoms. The number of aromatic nitrogens is 1. The van der Waals surface area contributed by atoms with Gasteiger partial charge in [-0.05, 0) is 30.2 Å². The molecule has 0 aliphatic carbocycles. The highest BCUT2D eigenvalue weighted by Gasteiger charge is 2.29. The molecule has 5 nitrogen and oxygen atoms in total. The monoisotopic (exact) mass is 381 g/mol. The van der Waals surface area contributed by atoms with Crippen molar-refractivity contribution in [3.8, 4) is 5.88 Å². The van der Waals surface area contributed by atoms with Crippen LogP contribution >= 0.6 is 0 Å². The third-order valence-electron chi connectivity index (χ3n) is 5.02. The second kappa shape index (κ2) is 6.95. The lowest BCUT2D eigenvalue weighted by molar-refractivity contribution is 0.131. The number of H-pyrrole nitrogens is 1. The summed E-state index contributed by atoms with van der Waals surface area (Å²) in [5.74, 6) is 0.0768. The second-order valence-corrected chi connectivity index (χ2v) is 7.07. The molecular formula is C24H19N3O2. The van der Waals surface area contributed by atoms with Crippen LogP contribution in [0, 0.1) is 6.92 Å². The number of hydrogen-bond donors (Lipinski definition) is 2. The zero-order valence-electron chi connectivity index (χ0n) is 15.9. The van der Waals surface area contributed by atoms with Gasteiger partial charge < -0.3 is 14.9 Å². The normalized spacial score (nSPS) is 14.2. The molecule has 2 heterocycles. The molecule has 5 heteroatoms. The highest BCUT2D eigenvalue weighted by molar-refractivity contribution is 6.58. The van der Waals surface area contributed by atoms with E-state index >= 15 is 0 Å². The van der Waals surface area contributed by atoms with Crippen molar-refractivity contribution in [1.29, 1.82) is 0 Å². The minimum atomic E-state index is 0.0768. The van der Waals surface area contributed by atoms with Gasteiger partial charge in [0, 0.05) is 16.5 Å². The minimum Gasteiger partial charge on any atom is -0.494 e. The van der Waals surface area contributed by atoms with E-state index in [9.17, 15) is 5.11 Å². The molecule has 2 N–H and O–H groups in total. The van der Waals surface area contributed by atoms with Crippen molar-refractivity contribution >= 4 is 28.0 Å². The molecule has 0 radical (unpaired) electrons. The van der Waals surface area contributed by atoms with Gasteiger partial charge in [-0.3, -0.25) is 0 Å². The van der Waals surface area contributed by atoms with Crippen LogP contribution in [-0.4, -0.2) is 21.5 Å². The molecule has 0 fully saturated rings. The average Bonchev–Trinajstić information content (AvgIpc) is 3.25. The zero-order chi connectivity index (χ0) is 19.8. The van der Waals surface area contributed by atoms with Gasteiger partial charge in [0.15, 0.2) is 5.88 Å². The van der Waals surface area contributed by atoms with Crippen LogP contribution < -0.4 is 0 Å². The fourth-order valence-corrected chi connectivity index (χ4v) is 3.62. The summed E-state index contributed by atoms with van der Waals surface area (Å²) >= 11 is 0. The number of aliphatic imine (C=N–C) groups is 1. The van der Waals surface area contributed by atoms with E-state index in [0.29, 0.717) is 23.6 Å². The van der Waals surface area contributed by atoms with E-state index in [-0.39, 0.29) is 5.88 Å². The second-order valence-electron chi connectivity index (χ2n) is 7.07. The Morgan fingerprint density at radius 1 is 1.00 bits per heavy atom. The Morgan fingerprint density at radius 2 is 1.79 bits per heavy atom. The quantitative estimate of drug-likeness (QED) is 0.475. The number of hydrogen-bond acceptors (Lipinski definition) is 4. The van der Waals surface area contributed by atoms with Crippen LogP contribution in [0.3, 0.4) is 0 Å². The van der Waals surface area contributed by atoms with Crippen molar-refractivity contribution in [2.45, 2.75) is 13.5 Å². The van der Waals surface area contributed by atoms with E-state index in [4.69, 9.17) is 9.83 Å². The number of oxime groups is 1. The molecule has 0 bridgehead atoms. The molecule has 0 atom stereocenters. The Bertz CT molecular complexity index is 1270. The molecule has 0 unspecified atom stereocenters. The lowest BCUT2D eigenvalue weighted by Gasteiger charge is -2.06. The van der Waals surface area contributed by atoms with E-state index in [1.165, 1.54) is 0 Å². The molecule has 0 saturated carbocycles. The van der Waals surface area contributed by atoms with Crippen molar-refractivity contribution in [3.05, 3.63) is 95.1 Å². The van der Waals surface area contributed by atoms with Gasteiger partial charge in [0.05, 0.1) is 11.3 Å². The fourth-order valence-electron chi connectivity index (χ4n) is 3.62. The van der Waals surface area contributed by atoms with Gasteiger partial charge in [-0.2, -0.15) is 0 Å². The van der Waals surface area contributed by atoms with E-state index < -0.39 is 0 Å². The summed E-state index contributed by atoms with van der Waals surface area (Å²) in [6.45, 7) is 2.38. The first kappa shape index (κ1) is 17.3. The van der Waals surface area contributed by atoms with Crippen LogP contribution in [0.5, 0.6) is 5.88 Å². The summed E-state index contributed by atoms with van der Waals surface area (Å²) in [7, 11) is 0. The molecule has 1 aliphatic rings. The molecule has 142 valence electrons. The van der Waals surface area contributed by atoms with Crippen LogP contribution in [0.2, 0.25) is 0 Å². The highest BCUT2D eigenvalue weighted by atomic mass is 16.6.